The lowest BCUT2D eigenvalue weighted by Gasteiger charge is -2.36. The Morgan fingerprint density at radius 1 is 1.09 bits per heavy atom. The van der Waals surface area contributed by atoms with Crippen LogP contribution in [0.1, 0.15) is 41.3 Å². The van der Waals surface area contributed by atoms with Crippen LogP contribution >= 0.6 is 0 Å². The van der Waals surface area contributed by atoms with E-state index in [0.717, 1.165) is 11.6 Å². The van der Waals surface area contributed by atoms with Crippen molar-refractivity contribution in [1.82, 2.24) is 9.21 Å². The summed E-state index contributed by atoms with van der Waals surface area (Å²) in [6.45, 7) is 11.0. The van der Waals surface area contributed by atoms with Crippen LogP contribution in [0.25, 0.3) is 0 Å². The fourth-order valence-corrected chi connectivity index (χ4v) is 5.69. The van der Waals surface area contributed by atoms with Gasteiger partial charge in [0.05, 0.1) is 15.4 Å². The first kappa shape index (κ1) is 24.7. The number of furan rings is 1. The number of benzene rings is 1. The average molecular weight is 479 g/mol. The zero-order valence-corrected chi connectivity index (χ0v) is 20.4. The van der Waals surface area contributed by atoms with Gasteiger partial charge in [0.15, 0.2) is 0 Å². The number of anilines is 1. The van der Waals surface area contributed by atoms with E-state index in [4.69, 9.17) is 4.42 Å². The van der Waals surface area contributed by atoms with Crippen LogP contribution in [0.4, 0.5) is 11.4 Å². The number of amides is 1. The molecule has 0 atom stereocenters. The maximum absolute atomic E-state index is 13.0. The van der Waals surface area contributed by atoms with Crippen molar-refractivity contribution in [2.24, 2.45) is 0 Å². The highest BCUT2D eigenvalue weighted by molar-refractivity contribution is 7.89. The van der Waals surface area contributed by atoms with Crippen LogP contribution in [0.5, 0.6) is 0 Å². The second-order valence-electron chi connectivity index (χ2n) is 7.99. The minimum absolute atomic E-state index is 0.100. The van der Waals surface area contributed by atoms with Crippen molar-refractivity contribution in [2.75, 3.05) is 44.2 Å². The van der Waals surface area contributed by atoms with Gasteiger partial charge >= 0.3 is 0 Å². The number of hydrogen-bond donors (Lipinski definition) is 0. The SMILES string of the molecule is CCN(CC)S(=O)(=O)c1ccc(N2CCN(C(=O)c3c(C)oc(C)c3C)CC2)c([N+](=O)[O-])c1. The van der Waals surface area contributed by atoms with Gasteiger partial charge in [0.25, 0.3) is 11.6 Å². The largest absolute Gasteiger partial charge is 0.466 e. The van der Waals surface area contributed by atoms with Gasteiger partial charge in [0.2, 0.25) is 10.0 Å². The Kier molecular flexibility index (Phi) is 7.13. The molecule has 0 aliphatic carbocycles. The average Bonchev–Trinajstić information content (AvgIpc) is 3.04. The van der Waals surface area contributed by atoms with Crippen LogP contribution in [0.2, 0.25) is 0 Å². The summed E-state index contributed by atoms with van der Waals surface area (Å²) in [5.74, 6) is 1.18. The summed E-state index contributed by atoms with van der Waals surface area (Å²) in [5, 5.41) is 11.8. The predicted octanol–water partition coefficient (Wildman–Crippen LogP) is 3.11. The standard InChI is InChI=1S/C22H30N4O6S/c1-6-25(7-2)33(30,31)18-8-9-19(20(14-18)26(28)29)23-10-12-24(13-11-23)22(27)21-15(3)16(4)32-17(21)5/h8-9,14H,6-7,10-13H2,1-5H3. The van der Waals surface area contributed by atoms with E-state index < -0.39 is 14.9 Å². The molecule has 1 aromatic carbocycles. The molecule has 0 N–H and O–H groups in total. The highest BCUT2D eigenvalue weighted by Gasteiger charge is 2.31. The third-order valence-corrected chi connectivity index (χ3v) is 8.22. The molecule has 1 amide bonds. The quantitative estimate of drug-likeness (QED) is 0.443. The highest BCUT2D eigenvalue weighted by atomic mass is 32.2. The van der Waals surface area contributed by atoms with E-state index in [1.165, 1.54) is 16.4 Å². The van der Waals surface area contributed by atoms with Crippen LogP contribution in [-0.2, 0) is 10.0 Å². The van der Waals surface area contributed by atoms with Crippen LogP contribution in [0.15, 0.2) is 27.5 Å². The Bertz CT molecular complexity index is 1160. The van der Waals surface area contributed by atoms with Crippen molar-refractivity contribution in [3.63, 3.8) is 0 Å². The molecule has 0 bridgehead atoms. The smallest absolute Gasteiger partial charge is 0.293 e. The second-order valence-corrected chi connectivity index (χ2v) is 9.93. The Balaban J connectivity index is 1.82. The summed E-state index contributed by atoms with van der Waals surface area (Å²) < 4.78 is 32.4. The number of rotatable bonds is 7. The Morgan fingerprint density at radius 3 is 2.18 bits per heavy atom. The van der Waals surface area contributed by atoms with Crippen molar-refractivity contribution in [3.8, 4) is 0 Å². The van der Waals surface area contributed by atoms with Crippen molar-refractivity contribution in [3.05, 3.63) is 51.0 Å². The molecule has 1 aromatic heterocycles. The molecule has 0 spiro atoms. The summed E-state index contributed by atoms with van der Waals surface area (Å²) in [4.78, 5) is 27.7. The molecule has 10 nitrogen and oxygen atoms in total. The lowest BCUT2D eigenvalue weighted by molar-refractivity contribution is -0.384. The lowest BCUT2D eigenvalue weighted by atomic mass is 10.1. The van der Waals surface area contributed by atoms with Gasteiger partial charge in [-0.3, -0.25) is 14.9 Å². The van der Waals surface area contributed by atoms with Gasteiger partial charge in [-0.15, -0.1) is 0 Å². The van der Waals surface area contributed by atoms with Crippen LogP contribution in [0.3, 0.4) is 0 Å². The number of sulfonamides is 1. The number of carbonyl (C=O) groups is 1. The maximum Gasteiger partial charge on any atom is 0.293 e. The molecule has 0 unspecified atom stereocenters. The monoisotopic (exact) mass is 478 g/mol. The molecule has 1 aliphatic heterocycles. The molecule has 11 heteroatoms. The first-order valence-corrected chi connectivity index (χ1v) is 12.4. The molecular weight excluding hydrogens is 448 g/mol. The van der Waals surface area contributed by atoms with Crippen molar-refractivity contribution in [2.45, 2.75) is 39.5 Å². The second kappa shape index (κ2) is 9.52. The van der Waals surface area contributed by atoms with Gasteiger partial charge in [-0.25, -0.2) is 8.42 Å². The van der Waals surface area contributed by atoms with E-state index in [2.05, 4.69) is 0 Å². The summed E-state index contributed by atoms with van der Waals surface area (Å²) in [6.07, 6.45) is 0. The molecule has 180 valence electrons. The first-order valence-electron chi connectivity index (χ1n) is 10.9. The number of nitro groups is 1. The number of hydrogen-bond acceptors (Lipinski definition) is 7. The highest BCUT2D eigenvalue weighted by Crippen LogP contribution is 2.33. The number of aryl methyl sites for hydroxylation is 2. The van der Waals surface area contributed by atoms with Crippen LogP contribution in [0, 0.1) is 30.9 Å². The van der Waals surface area contributed by atoms with E-state index in [1.54, 1.807) is 25.7 Å². The molecule has 3 rings (SSSR count). The predicted molar refractivity (Wildman–Crippen MR) is 124 cm³/mol. The minimum atomic E-state index is -3.81. The van der Waals surface area contributed by atoms with Crippen molar-refractivity contribution in [1.29, 1.82) is 0 Å². The van der Waals surface area contributed by atoms with E-state index in [9.17, 15) is 23.3 Å². The molecule has 1 aliphatic rings. The van der Waals surface area contributed by atoms with Gasteiger partial charge in [0, 0.05) is 50.9 Å². The minimum Gasteiger partial charge on any atom is -0.466 e. The summed E-state index contributed by atoms with van der Waals surface area (Å²) in [6, 6.07) is 4.02. The fourth-order valence-electron chi connectivity index (χ4n) is 4.21. The Morgan fingerprint density at radius 2 is 1.70 bits per heavy atom. The molecule has 2 heterocycles. The molecule has 1 fully saturated rings. The third kappa shape index (κ3) is 4.60. The van der Waals surface area contributed by atoms with E-state index in [0.29, 0.717) is 49.0 Å². The zero-order valence-electron chi connectivity index (χ0n) is 19.6. The van der Waals surface area contributed by atoms with Gasteiger partial charge in [-0.05, 0) is 32.9 Å². The van der Waals surface area contributed by atoms with Gasteiger partial charge in [-0.1, -0.05) is 13.8 Å². The molecule has 33 heavy (non-hydrogen) atoms. The van der Waals surface area contributed by atoms with Crippen molar-refractivity contribution >= 4 is 27.3 Å². The van der Waals surface area contributed by atoms with Crippen LogP contribution in [-0.4, -0.2) is 67.7 Å². The first-order chi connectivity index (χ1) is 15.5. The summed E-state index contributed by atoms with van der Waals surface area (Å²) >= 11 is 0. The van der Waals surface area contributed by atoms with Gasteiger partial charge < -0.3 is 14.2 Å². The molecule has 1 saturated heterocycles. The van der Waals surface area contributed by atoms with E-state index in [1.807, 2.05) is 18.7 Å². The van der Waals surface area contributed by atoms with E-state index >= 15 is 0 Å². The zero-order chi connectivity index (χ0) is 24.5. The fraction of sp³-hybridized carbons (Fsp3) is 0.500. The van der Waals surface area contributed by atoms with E-state index in [-0.39, 0.29) is 29.6 Å². The number of carbonyl (C=O) groups excluding carboxylic acids is 1. The number of nitrogens with zero attached hydrogens (tertiary/aromatic N) is 4. The Labute approximate surface area is 194 Å². The number of nitro benzene ring substituents is 1. The van der Waals surface area contributed by atoms with Gasteiger partial charge in [-0.2, -0.15) is 4.31 Å². The van der Waals surface area contributed by atoms with Crippen molar-refractivity contribution < 1.29 is 22.6 Å². The summed E-state index contributed by atoms with van der Waals surface area (Å²) in [5.41, 5.74) is 1.47. The van der Waals surface area contributed by atoms with Gasteiger partial charge in [0.1, 0.15) is 17.2 Å². The topological polar surface area (TPSA) is 117 Å². The Hall–Kier alpha value is -2.92. The molecule has 2 aromatic rings. The number of piperazine rings is 1. The summed E-state index contributed by atoms with van der Waals surface area (Å²) in [7, 11) is -3.81. The molecular formula is C22H30N4O6S. The molecule has 0 radical (unpaired) electrons. The maximum atomic E-state index is 13.0. The molecule has 0 saturated carbocycles. The normalized spacial score (nSPS) is 14.7. The van der Waals surface area contributed by atoms with Crippen LogP contribution < -0.4 is 4.90 Å². The third-order valence-electron chi connectivity index (χ3n) is 6.17. The lowest BCUT2D eigenvalue weighted by Crippen LogP contribution is -2.49.